The Balaban J connectivity index is 1.33. The summed E-state index contributed by atoms with van der Waals surface area (Å²) >= 11 is 0. The fourth-order valence-electron chi connectivity index (χ4n) is 4.09. The van der Waals surface area contributed by atoms with Gasteiger partial charge in [0.05, 0.1) is 11.5 Å². The summed E-state index contributed by atoms with van der Waals surface area (Å²) in [6.07, 6.45) is 5.80. The van der Waals surface area contributed by atoms with Gasteiger partial charge < -0.3 is 10.1 Å². The molecule has 1 amide bonds. The Hall–Kier alpha value is -3.16. The third-order valence-corrected chi connectivity index (χ3v) is 7.48. The summed E-state index contributed by atoms with van der Waals surface area (Å²) in [6.45, 7) is 0.514. The van der Waals surface area contributed by atoms with E-state index in [1.165, 1.54) is 17.7 Å². The average Bonchev–Trinajstić information content (AvgIpc) is 2.86. The molecule has 0 aromatic heterocycles. The molecule has 3 aromatic rings. The molecule has 3 aromatic carbocycles. The molecule has 7 heteroatoms. The van der Waals surface area contributed by atoms with Crippen LogP contribution in [0.2, 0.25) is 0 Å². The largest absolute Gasteiger partial charge is 0.493 e. The number of rotatable bonds is 9. The number of sulfonamides is 1. The van der Waals surface area contributed by atoms with Crippen LogP contribution in [0, 0.1) is 0 Å². The minimum atomic E-state index is -3.57. The molecule has 178 valence electrons. The summed E-state index contributed by atoms with van der Waals surface area (Å²) in [4.78, 5) is 12.9. The van der Waals surface area contributed by atoms with Crippen LogP contribution in [0.3, 0.4) is 0 Å². The van der Waals surface area contributed by atoms with Gasteiger partial charge in [-0.3, -0.25) is 4.79 Å². The van der Waals surface area contributed by atoms with Crippen molar-refractivity contribution in [1.29, 1.82) is 0 Å². The van der Waals surface area contributed by atoms with Crippen LogP contribution in [0.5, 0.6) is 5.75 Å². The van der Waals surface area contributed by atoms with E-state index >= 15 is 0 Å². The molecule has 1 aliphatic rings. The molecule has 6 nitrogen and oxygen atoms in total. The molecule has 4 rings (SSSR count). The van der Waals surface area contributed by atoms with Gasteiger partial charge in [0.25, 0.3) is 5.91 Å². The number of hydrogen-bond donors (Lipinski definition) is 2. The van der Waals surface area contributed by atoms with Gasteiger partial charge in [0, 0.05) is 23.7 Å². The number of nitrogens with one attached hydrogen (secondary N) is 2. The fourth-order valence-corrected chi connectivity index (χ4v) is 5.39. The van der Waals surface area contributed by atoms with Crippen LogP contribution in [0.15, 0.2) is 83.8 Å². The second-order valence-electron chi connectivity index (χ2n) is 8.55. The lowest BCUT2D eigenvalue weighted by atomic mass is 9.96. The summed E-state index contributed by atoms with van der Waals surface area (Å²) in [5.41, 5.74) is 2.18. The van der Waals surface area contributed by atoms with Crippen molar-refractivity contribution in [3.05, 3.63) is 90.0 Å². The maximum absolute atomic E-state index is 12.7. The highest BCUT2D eigenvalue weighted by molar-refractivity contribution is 7.89. The third kappa shape index (κ3) is 6.68. The zero-order valence-electron chi connectivity index (χ0n) is 19.1. The number of amides is 1. The standard InChI is InChI=1S/C27H30N2O4S/c30-27(22-10-7-13-25(20-22)33-19-18-21-8-3-1-4-9-21)28-23-14-16-26(17-15-23)34(31,32)29-24-11-5-2-6-12-24/h1,3-4,7-10,13-17,20,24,29H,2,5-6,11-12,18-19H2,(H,28,30). The minimum Gasteiger partial charge on any atom is -0.493 e. The zero-order chi connectivity index (χ0) is 23.8. The first-order chi connectivity index (χ1) is 16.5. The second kappa shape index (κ2) is 11.3. The van der Waals surface area contributed by atoms with E-state index in [1.807, 2.05) is 24.3 Å². The van der Waals surface area contributed by atoms with Crippen LogP contribution in [0.1, 0.15) is 48.0 Å². The minimum absolute atomic E-state index is 0.000294. The zero-order valence-corrected chi connectivity index (χ0v) is 19.9. The highest BCUT2D eigenvalue weighted by Gasteiger charge is 2.21. The van der Waals surface area contributed by atoms with Crippen molar-refractivity contribution >= 4 is 21.6 Å². The topological polar surface area (TPSA) is 84.5 Å². The van der Waals surface area contributed by atoms with E-state index < -0.39 is 10.0 Å². The van der Waals surface area contributed by atoms with E-state index in [-0.39, 0.29) is 16.8 Å². The predicted octanol–water partition coefficient (Wildman–Crippen LogP) is 5.17. The lowest BCUT2D eigenvalue weighted by Crippen LogP contribution is -2.36. The lowest BCUT2D eigenvalue weighted by molar-refractivity contribution is 0.102. The number of anilines is 1. The first kappa shape index (κ1) is 24.0. The van der Waals surface area contributed by atoms with Crippen LogP contribution in [0.4, 0.5) is 5.69 Å². The van der Waals surface area contributed by atoms with Crippen molar-refractivity contribution in [3.8, 4) is 5.75 Å². The van der Waals surface area contributed by atoms with E-state index in [2.05, 4.69) is 22.2 Å². The van der Waals surface area contributed by atoms with E-state index in [9.17, 15) is 13.2 Å². The molecule has 1 aliphatic carbocycles. The number of carbonyl (C=O) groups excluding carboxylic acids is 1. The van der Waals surface area contributed by atoms with Crippen molar-refractivity contribution in [1.82, 2.24) is 4.72 Å². The first-order valence-corrected chi connectivity index (χ1v) is 13.2. The molecular weight excluding hydrogens is 448 g/mol. The molecule has 0 radical (unpaired) electrons. The molecule has 0 aliphatic heterocycles. The molecule has 0 unspecified atom stereocenters. The van der Waals surface area contributed by atoms with E-state index in [0.717, 1.165) is 38.5 Å². The van der Waals surface area contributed by atoms with Crippen molar-refractivity contribution in [2.75, 3.05) is 11.9 Å². The van der Waals surface area contributed by atoms with Crippen LogP contribution in [-0.2, 0) is 16.4 Å². The fraction of sp³-hybridized carbons (Fsp3) is 0.296. The average molecular weight is 479 g/mol. The molecule has 1 saturated carbocycles. The SMILES string of the molecule is O=C(Nc1ccc(S(=O)(=O)NC2CCCCC2)cc1)c1cccc(OCCc2ccccc2)c1. The van der Waals surface area contributed by atoms with Gasteiger partial charge in [0.2, 0.25) is 10.0 Å². The van der Waals surface area contributed by atoms with Gasteiger partial charge in [0.15, 0.2) is 0 Å². The predicted molar refractivity (Wildman–Crippen MR) is 134 cm³/mol. The summed E-state index contributed by atoms with van der Waals surface area (Å²) < 4.78 is 33.9. The number of ether oxygens (including phenoxy) is 1. The number of carbonyl (C=O) groups is 1. The Kier molecular flexibility index (Phi) is 7.98. The Labute approximate surface area is 201 Å². The monoisotopic (exact) mass is 478 g/mol. The summed E-state index contributed by atoms with van der Waals surface area (Å²) in [5.74, 6) is 0.336. The van der Waals surface area contributed by atoms with Crippen molar-refractivity contribution in [3.63, 3.8) is 0 Å². The van der Waals surface area contributed by atoms with Crippen LogP contribution in [0.25, 0.3) is 0 Å². The molecule has 0 heterocycles. The Morgan fingerprint density at radius 2 is 1.62 bits per heavy atom. The Morgan fingerprint density at radius 1 is 0.882 bits per heavy atom. The normalized spacial score (nSPS) is 14.5. The molecule has 0 bridgehead atoms. The van der Waals surface area contributed by atoms with Crippen LogP contribution < -0.4 is 14.8 Å². The van der Waals surface area contributed by atoms with Gasteiger partial charge in [-0.15, -0.1) is 0 Å². The third-order valence-electron chi connectivity index (χ3n) is 5.95. The van der Waals surface area contributed by atoms with E-state index in [4.69, 9.17) is 4.74 Å². The molecule has 34 heavy (non-hydrogen) atoms. The number of benzene rings is 3. The maximum atomic E-state index is 12.7. The Bertz CT molecular complexity index is 1190. The van der Waals surface area contributed by atoms with Crippen molar-refractivity contribution < 1.29 is 17.9 Å². The Morgan fingerprint density at radius 3 is 2.35 bits per heavy atom. The molecule has 2 N–H and O–H groups in total. The van der Waals surface area contributed by atoms with Gasteiger partial charge in [0.1, 0.15) is 5.75 Å². The molecule has 0 saturated heterocycles. The smallest absolute Gasteiger partial charge is 0.255 e. The first-order valence-electron chi connectivity index (χ1n) is 11.7. The second-order valence-corrected chi connectivity index (χ2v) is 10.3. The summed E-state index contributed by atoms with van der Waals surface area (Å²) in [6, 6.07) is 23.3. The molecule has 0 atom stereocenters. The molecule has 0 spiro atoms. The van der Waals surface area contributed by atoms with E-state index in [1.54, 1.807) is 30.3 Å². The van der Waals surface area contributed by atoms with Crippen molar-refractivity contribution in [2.24, 2.45) is 0 Å². The van der Waals surface area contributed by atoms with Crippen LogP contribution >= 0.6 is 0 Å². The lowest BCUT2D eigenvalue weighted by Gasteiger charge is -2.22. The van der Waals surface area contributed by atoms with Gasteiger partial charge in [-0.2, -0.15) is 0 Å². The quantitative estimate of drug-likeness (QED) is 0.444. The van der Waals surface area contributed by atoms with Gasteiger partial charge in [-0.05, 0) is 60.9 Å². The highest BCUT2D eigenvalue weighted by atomic mass is 32.2. The highest BCUT2D eigenvalue weighted by Crippen LogP contribution is 2.21. The van der Waals surface area contributed by atoms with Gasteiger partial charge in [-0.1, -0.05) is 55.7 Å². The van der Waals surface area contributed by atoms with Gasteiger partial charge >= 0.3 is 0 Å². The van der Waals surface area contributed by atoms with Gasteiger partial charge in [-0.25, -0.2) is 13.1 Å². The summed E-state index contributed by atoms with van der Waals surface area (Å²) in [5, 5.41) is 2.82. The van der Waals surface area contributed by atoms with Crippen LogP contribution in [-0.4, -0.2) is 27.0 Å². The van der Waals surface area contributed by atoms with E-state index in [0.29, 0.717) is 23.6 Å². The maximum Gasteiger partial charge on any atom is 0.255 e. The summed E-state index contributed by atoms with van der Waals surface area (Å²) in [7, 11) is -3.57. The molecule has 1 fully saturated rings. The van der Waals surface area contributed by atoms with Crippen molar-refractivity contribution in [2.45, 2.75) is 49.5 Å². The number of hydrogen-bond acceptors (Lipinski definition) is 4. The molecular formula is C27H30N2O4S.